The lowest BCUT2D eigenvalue weighted by Gasteiger charge is -2.24. The van der Waals surface area contributed by atoms with Crippen molar-refractivity contribution in [1.82, 2.24) is 20.0 Å². The summed E-state index contributed by atoms with van der Waals surface area (Å²) in [5.41, 5.74) is 1.52. The highest BCUT2D eigenvalue weighted by Gasteiger charge is 2.40. The summed E-state index contributed by atoms with van der Waals surface area (Å²) in [5, 5.41) is 7.29. The van der Waals surface area contributed by atoms with Crippen molar-refractivity contribution in [3.63, 3.8) is 0 Å². The molecule has 2 atom stereocenters. The molecule has 7 nitrogen and oxygen atoms in total. The van der Waals surface area contributed by atoms with Crippen molar-refractivity contribution in [1.29, 1.82) is 0 Å². The molecule has 2 aliphatic heterocycles. The number of carbonyl (C=O) groups excluding carboxylic acids is 2. The van der Waals surface area contributed by atoms with Crippen molar-refractivity contribution in [3.05, 3.63) is 17.5 Å². The van der Waals surface area contributed by atoms with Gasteiger partial charge in [0, 0.05) is 20.1 Å². The largest absolute Gasteiger partial charge is 0.364 e. The molecule has 0 spiro atoms. The minimum Gasteiger partial charge on any atom is -0.364 e. The Hall–Kier alpha value is -1.89. The van der Waals surface area contributed by atoms with Crippen LogP contribution in [0.15, 0.2) is 6.07 Å². The maximum atomic E-state index is 12.7. The second-order valence-electron chi connectivity index (χ2n) is 6.48. The molecular weight excluding hydrogens is 284 g/mol. The summed E-state index contributed by atoms with van der Waals surface area (Å²) in [6.07, 6.45) is 0.746. The first-order valence-electron chi connectivity index (χ1n) is 7.67. The highest BCUT2D eigenvalue weighted by atomic mass is 16.5. The molecule has 1 aromatic rings. The Morgan fingerprint density at radius 2 is 2.27 bits per heavy atom. The average molecular weight is 306 g/mol. The Bertz CT molecular complexity index is 596. The van der Waals surface area contributed by atoms with E-state index in [4.69, 9.17) is 4.74 Å². The molecule has 0 aromatic carbocycles. The summed E-state index contributed by atoms with van der Waals surface area (Å²) in [7, 11) is 1.79. The molecule has 0 saturated carbocycles. The van der Waals surface area contributed by atoms with Gasteiger partial charge in [-0.1, -0.05) is 13.8 Å². The molecule has 120 valence electrons. The molecule has 2 saturated heterocycles. The first kappa shape index (κ1) is 15.0. The van der Waals surface area contributed by atoms with Crippen LogP contribution in [0.4, 0.5) is 0 Å². The van der Waals surface area contributed by atoms with E-state index in [0.29, 0.717) is 24.7 Å². The van der Waals surface area contributed by atoms with Crippen molar-refractivity contribution in [2.24, 2.45) is 13.0 Å². The lowest BCUT2D eigenvalue weighted by atomic mass is 10.1. The van der Waals surface area contributed by atoms with E-state index in [1.807, 2.05) is 6.07 Å². The number of morpholine rings is 1. The number of likely N-dealkylation sites (tertiary alicyclic amines) is 1. The summed E-state index contributed by atoms with van der Waals surface area (Å²) in [6.45, 7) is 5.32. The van der Waals surface area contributed by atoms with Gasteiger partial charge in [-0.05, 0) is 18.4 Å². The van der Waals surface area contributed by atoms with Crippen LogP contribution in [-0.2, 0) is 23.0 Å². The molecule has 2 fully saturated rings. The predicted molar refractivity (Wildman–Crippen MR) is 79.3 cm³/mol. The lowest BCUT2D eigenvalue weighted by Crippen LogP contribution is -2.50. The Morgan fingerprint density at radius 1 is 1.50 bits per heavy atom. The van der Waals surface area contributed by atoms with Crippen LogP contribution < -0.4 is 5.32 Å². The van der Waals surface area contributed by atoms with Crippen molar-refractivity contribution >= 4 is 11.8 Å². The van der Waals surface area contributed by atoms with E-state index in [-0.39, 0.29) is 30.6 Å². The molecule has 1 aromatic heterocycles. The van der Waals surface area contributed by atoms with Crippen molar-refractivity contribution in [3.8, 4) is 0 Å². The van der Waals surface area contributed by atoms with Gasteiger partial charge in [0.2, 0.25) is 5.91 Å². The molecule has 2 aliphatic rings. The molecule has 0 bridgehead atoms. The monoisotopic (exact) mass is 306 g/mol. The van der Waals surface area contributed by atoms with Crippen molar-refractivity contribution in [2.45, 2.75) is 32.4 Å². The van der Waals surface area contributed by atoms with E-state index in [1.54, 1.807) is 16.6 Å². The number of aryl methyl sites for hydroxylation is 1. The Morgan fingerprint density at radius 3 is 3.00 bits per heavy atom. The zero-order chi connectivity index (χ0) is 15.9. The van der Waals surface area contributed by atoms with Crippen LogP contribution in [0.2, 0.25) is 0 Å². The third-order valence-corrected chi connectivity index (χ3v) is 4.10. The number of fused-ring (bicyclic) bond motifs is 1. The Labute approximate surface area is 129 Å². The molecule has 0 radical (unpaired) electrons. The van der Waals surface area contributed by atoms with Gasteiger partial charge in [-0.25, -0.2) is 0 Å². The summed E-state index contributed by atoms with van der Waals surface area (Å²) >= 11 is 0. The minimum atomic E-state index is -0.115. The zero-order valence-electron chi connectivity index (χ0n) is 13.2. The van der Waals surface area contributed by atoms with Gasteiger partial charge in [-0.3, -0.25) is 14.3 Å². The fraction of sp³-hybridized carbons (Fsp3) is 0.667. The standard InChI is InChI=1S/C15H22N4O3/c1-9(2)4-10-5-12(18(3)17-10)15(21)19-6-11-13(7-19)22-8-14(20)16-11/h5,9,11,13H,4,6-8H2,1-3H3,(H,16,20)/t11-,13-/m0/s1. The normalized spacial score (nSPS) is 24.5. The molecule has 3 rings (SSSR count). The first-order chi connectivity index (χ1) is 10.4. The molecule has 3 heterocycles. The fourth-order valence-corrected chi connectivity index (χ4v) is 3.09. The topological polar surface area (TPSA) is 76.5 Å². The number of ether oxygens (including phenoxy) is 1. The van der Waals surface area contributed by atoms with E-state index in [1.165, 1.54) is 0 Å². The third kappa shape index (κ3) is 2.85. The van der Waals surface area contributed by atoms with Gasteiger partial charge < -0.3 is 15.0 Å². The fourth-order valence-electron chi connectivity index (χ4n) is 3.09. The van der Waals surface area contributed by atoms with Gasteiger partial charge in [0.25, 0.3) is 5.91 Å². The SMILES string of the molecule is CC(C)Cc1cc(C(=O)N2C[C@@H]3NC(=O)CO[C@H]3C2)n(C)n1. The van der Waals surface area contributed by atoms with Gasteiger partial charge in [0.15, 0.2) is 0 Å². The number of nitrogens with zero attached hydrogens (tertiary/aromatic N) is 3. The predicted octanol–water partition coefficient (Wildman–Crippen LogP) is -0.0420. The Balaban J connectivity index is 1.72. The first-order valence-corrected chi connectivity index (χ1v) is 7.67. The van der Waals surface area contributed by atoms with Gasteiger partial charge in [-0.2, -0.15) is 5.10 Å². The number of hydrogen-bond donors (Lipinski definition) is 1. The van der Waals surface area contributed by atoms with Crippen LogP contribution in [-0.4, -0.2) is 58.3 Å². The summed E-state index contributed by atoms with van der Waals surface area (Å²) in [4.78, 5) is 25.8. The van der Waals surface area contributed by atoms with Crippen LogP contribution in [0, 0.1) is 5.92 Å². The quantitative estimate of drug-likeness (QED) is 0.850. The van der Waals surface area contributed by atoms with Crippen LogP contribution >= 0.6 is 0 Å². The van der Waals surface area contributed by atoms with Crippen LogP contribution in [0.25, 0.3) is 0 Å². The number of aromatic nitrogens is 2. The van der Waals surface area contributed by atoms with Crippen molar-refractivity contribution in [2.75, 3.05) is 19.7 Å². The number of nitrogens with one attached hydrogen (secondary N) is 1. The van der Waals surface area contributed by atoms with Gasteiger partial charge in [0.1, 0.15) is 12.3 Å². The van der Waals surface area contributed by atoms with E-state index in [2.05, 4.69) is 24.3 Å². The third-order valence-electron chi connectivity index (χ3n) is 4.10. The van der Waals surface area contributed by atoms with E-state index in [0.717, 1.165) is 12.1 Å². The molecule has 0 aliphatic carbocycles. The maximum Gasteiger partial charge on any atom is 0.272 e. The summed E-state index contributed by atoms with van der Waals surface area (Å²) in [6, 6.07) is 1.76. The second-order valence-corrected chi connectivity index (χ2v) is 6.48. The Kier molecular flexibility index (Phi) is 3.90. The summed E-state index contributed by atoms with van der Waals surface area (Å²) in [5.74, 6) is 0.323. The molecular formula is C15H22N4O3. The molecule has 22 heavy (non-hydrogen) atoms. The van der Waals surface area contributed by atoms with Crippen LogP contribution in [0.3, 0.4) is 0 Å². The number of rotatable bonds is 3. The smallest absolute Gasteiger partial charge is 0.272 e. The highest BCUT2D eigenvalue weighted by Crippen LogP contribution is 2.20. The second kappa shape index (κ2) is 5.72. The molecule has 1 N–H and O–H groups in total. The van der Waals surface area contributed by atoms with Gasteiger partial charge in [0.05, 0.1) is 17.8 Å². The molecule has 2 amide bonds. The number of amides is 2. The van der Waals surface area contributed by atoms with Gasteiger partial charge in [-0.15, -0.1) is 0 Å². The molecule has 7 heteroatoms. The summed E-state index contributed by atoms with van der Waals surface area (Å²) < 4.78 is 7.13. The number of carbonyl (C=O) groups is 2. The number of hydrogen-bond acceptors (Lipinski definition) is 4. The highest BCUT2D eigenvalue weighted by molar-refractivity contribution is 5.93. The van der Waals surface area contributed by atoms with Crippen LogP contribution in [0.5, 0.6) is 0 Å². The lowest BCUT2D eigenvalue weighted by molar-refractivity contribution is -0.134. The van der Waals surface area contributed by atoms with Crippen LogP contribution in [0.1, 0.15) is 30.0 Å². The molecule has 0 unspecified atom stereocenters. The van der Waals surface area contributed by atoms with E-state index in [9.17, 15) is 9.59 Å². The van der Waals surface area contributed by atoms with Gasteiger partial charge >= 0.3 is 0 Å². The minimum absolute atomic E-state index is 0.0581. The average Bonchev–Trinajstić information content (AvgIpc) is 3.00. The van der Waals surface area contributed by atoms with Crippen molar-refractivity contribution < 1.29 is 14.3 Å². The van der Waals surface area contributed by atoms with E-state index >= 15 is 0 Å². The van der Waals surface area contributed by atoms with E-state index < -0.39 is 0 Å². The zero-order valence-corrected chi connectivity index (χ0v) is 13.2. The maximum absolute atomic E-state index is 12.7.